The predicted octanol–water partition coefficient (Wildman–Crippen LogP) is 2.35. The molecule has 0 radical (unpaired) electrons. The van der Waals surface area contributed by atoms with Gasteiger partial charge in [-0.25, -0.2) is 8.42 Å². The third-order valence-electron chi connectivity index (χ3n) is 1.45. The lowest BCUT2D eigenvalue weighted by atomic mass is 10.4. The Balaban J connectivity index is 3.16. The van der Waals surface area contributed by atoms with E-state index in [1.54, 1.807) is 0 Å². The van der Waals surface area contributed by atoms with Gasteiger partial charge in [0, 0.05) is 11.8 Å². The summed E-state index contributed by atoms with van der Waals surface area (Å²) in [5, 5.41) is 0. The van der Waals surface area contributed by atoms with Crippen molar-refractivity contribution in [1.29, 1.82) is 0 Å². The van der Waals surface area contributed by atoms with Crippen molar-refractivity contribution in [2.24, 2.45) is 0 Å². The number of benzene rings is 1. The quantitative estimate of drug-likeness (QED) is 0.604. The molecule has 0 heterocycles. The third-order valence-corrected chi connectivity index (χ3v) is 3.69. The standard InChI is InChI=1S/C7H5ClF3NO2S/c8-12(7(9,10)11)15(13,14)6-4-2-1-3-5-6/h1-5H. The molecule has 0 saturated carbocycles. The first-order valence-corrected chi connectivity index (χ1v) is 5.37. The van der Waals surface area contributed by atoms with E-state index in [-0.39, 0.29) is 0 Å². The Labute approximate surface area is 89.2 Å². The molecule has 0 aliphatic heterocycles. The number of rotatable bonds is 2. The van der Waals surface area contributed by atoms with Gasteiger partial charge in [0.1, 0.15) is 0 Å². The molecule has 0 unspecified atom stereocenters. The number of halogens is 4. The molecule has 1 rings (SSSR count). The molecule has 84 valence electrons. The molecular formula is C7H5ClF3NO2S. The second-order valence-electron chi connectivity index (χ2n) is 2.50. The van der Waals surface area contributed by atoms with Crippen LogP contribution in [0.15, 0.2) is 35.2 Å². The van der Waals surface area contributed by atoms with Crippen molar-refractivity contribution in [3.8, 4) is 0 Å². The summed E-state index contributed by atoms with van der Waals surface area (Å²) in [7, 11) is -4.72. The van der Waals surface area contributed by atoms with Crippen molar-refractivity contribution in [2.45, 2.75) is 11.2 Å². The van der Waals surface area contributed by atoms with Crippen molar-refractivity contribution in [2.75, 3.05) is 0 Å². The molecule has 8 heteroatoms. The molecule has 3 nitrogen and oxygen atoms in total. The highest BCUT2D eigenvalue weighted by Crippen LogP contribution is 2.30. The molecule has 0 saturated heterocycles. The van der Waals surface area contributed by atoms with Crippen LogP contribution in [0.4, 0.5) is 13.2 Å². The van der Waals surface area contributed by atoms with Crippen LogP contribution in [0.25, 0.3) is 0 Å². The first-order chi connectivity index (χ1) is 6.76. The number of alkyl halides is 3. The van der Waals surface area contributed by atoms with Gasteiger partial charge < -0.3 is 0 Å². The van der Waals surface area contributed by atoms with Crippen LogP contribution >= 0.6 is 11.8 Å². The maximum Gasteiger partial charge on any atom is 0.488 e. The highest BCUT2D eigenvalue weighted by Gasteiger charge is 2.45. The molecule has 0 atom stereocenters. The first kappa shape index (κ1) is 12.3. The minimum Gasteiger partial charge on any atom is -0.205 e. The zero-order chi connectivity index (χ0) is 11.7. The Morgan fingerprint density at radius 2 is 1.60 bits per heavy atom. The van der Waals surface area contributed by atoms with Gasteiger partial charge in [-0.2, -0.15) is 13.2 Å². The highest BCUT2D eigenvalue weighted by atomic mass is 35.5. The van der Waals surface area contributed by atoms with Crippen LogP contribution < -0.4 is 0 Å². The Morgan fingerprint density at radius 3 is 2.00 bits per heavy atom. The number of hydrogen-bond acceptors (Lipinski definition) is 2. The van der Waals surface area contributed by atoms with Gasteiger partial charge in [-0.15, -0.1) is 0 Å². The van der Waals surface area contributed by atoms with E-state index in [2.05, 4.69) is 0 Å². The second-order valence-corrected chi connectivity index (χ2v) is 4.83. The van der Waals surface area contributed by atoms with E-state index in [9.17, 15) is 21.6 Å². The van der Waals surface area contributed by atoms with Crippen LogP contribution in [0.5, 0.6) is 0 Å². The van der Waals surface area contributed by atoms with Crippen molar-refractivity contribution >= 4 is 21.8 Å². The molecule has 0 spiro atoms. The zero-order valence-corrected chi connectivity index (χ0v) is 8.64. The summed E-state index contributed by atoms with van der Waals surface area (Å²) in [6.45, 7) is 0. The van der Waals surface area contributed by atoms with Crippen molar-refractivity contribution < 1.29 is 21.6 Å². The van der Waals surface area contributed by atoms with Crippen LogP contribution in [0.1, 0.15) is 0 Å². The van der Waals surface area contributed by atoms with Gasteiger partial charge in [-0.3, -0.25) is 0 Å². The summed E-state index contributed by atoms with van der Waals surface area (Å²) in [5.74, 6) is 0. The fraction of sp³-hybridized carbons (Fsp3) is 0.143. The van der Waals surface area contributed by atoms with Crippen LogP contribution in [-0.4, -0.2) is 18.5 Å². The Kier molecular flexibility index (Phi) is 3.27. The van der Waals surface area contributed by atoms with Gasteiger partial charge in [-0.1, -0.05) is 18.2 Å². The summed E-state index contributed by atoms with van der Waals surface area (Å²) in [4.78, 5) is -0.516. The molecule has 0 aliphatic carbocycles. The summed E-state index contributed by atoms with van der Waals surface area (Å²) in [6, 6.07) is 6.13. The average molecular weight is 260 g/mol. The van der Waals surface area contributed by atoms with Gasteiger partial charge in [-0.05, 0) is 16.0 Å². The SMILES string of the molecule is O=S(=O)(c1ccccc1)N(Cl)C(F)(F)F. The Bertz CT molecular complexity index is 431. The van der Waals surface area contributed by atoms with Gasteiger partial charge in [0.05, 0.1) is 4.90 Å². The molecule has 0 N–H and O–H groups in total. The maximum absolute atomic E-state index is 12.0. The molecule has 15 heavy (non-hydrogen) atoms. The van der Waals surface area contributed by atoms with Crippen LogP contribution in [0, 0.1) is 0 Å². The summed E-state index contributed by atoms with van der Waals surface area (Å²) in [5.41, 5.74) is 0. The minimum absolute atomic E-state index is 0.516. The fourth-order valence-electron chi connectivity index (χ4n) is 0.821. The average Bonchev–Trinajstić information content (AvgIpc) is 2.16. The van der Waals surface area contributed by atoms with E-state index in [4.69, 9.17) is 11.8 Å². The normalized spacial score (nSPS) is 13.1. The van der Waals surface area contributed by atoms with Crippen molar-refractivity contribution in [3.05, 3.63) is 30.3 Å². The molecule has 0 aromatic heterocycles. The fourth-order valence-corrected chi connectivity index (χ4v) is 2.02. The molecule has 0 amide bonds. The van der Waals surface area contributed by atoms with E-state index in [1.807, 2.05) is 0 Å². The smallest absolute Gasteiger partial charge is 0.205 e. The highest BCUT2D eigenvalue weighted by molar-refractivity contribution is 7.90. The lowest BCUT2D eigenvalue weighted by molar-refractivity contribution is -0.181. The van der Waals surface area contributed by atoms with Crippen LogP contribution in [0.3, 0.4) is 0 Å². The topological polar surface area (TPSA) is 37.4 Å². The molecule has 0 bridgehead atoms. The lowest BCUT2D eigenvalue weighted by Gasteiger charge is -2.16. The Hall–Kier alpha value is -0.790. The summed E-state index contributed by atoms with van der Waals surface area (Å²) < 4.78 is 57.5. The van der Waals surface area contributed by atoms with Crippen LogP contribution in [-0.2, 0) is 10.0 Å². The molecule has 0 aliphatic rings. The summed E-state index contributed by atoms with van der Waals surface area (Å²) >= 11 is 4.70. The molecule has 1 aromatic rings. The Morgan fingerprint density at radius 1 is 1.13 bits per heavy atom. The van der Waals surface area contributed by atoms with Gasteiger partial charge in [0.2, 0.25) is 0 Å². The van der Waals surface area contributed by atoms with Crippen molar-refractivity contribution in [1.82, 2.24) is 3.82 Å². The van der Waals surface area contributed by atoms with Gasteiger partial charge in [0.25, 0.3) is 10.0 Å². The molecular weight excluding hydrogens is 255 g/mol. The minimum atomic E-state index is -5.14. The van der Waals surface area contributed by atoms with E-state index in [0.717, 1.165) is 12.1 Å². The summed E-state index contributed by atoms with van der Waals surface area (Å²) in [6.07, 6.45) is -5.14. The van der Waals surface area contributed by atoms with Gasteiger partial charge in [0.15, 0.2) is 0 Å². The third kappa shape index (κ3) is 2.61. The molecule has 1 aromatic carbocycles. The van der Waals surface area contributed by atoms with E-state index in [1.165, 1.54) is 18.2 Å². The lowest BCUT2D eigenvalue weighted by Crippen LogP contribution is -2.35. The molecule has 0 fully saturated rings. The predicted molar refractivity (Wildman–Crippen MR) is 47.4 cm³/mol. The van der Waals surface area contributed by atoms with E-state index >= 15 is 0 Å². The first-order valence-electron chi connectivity index (χ1n) is 3.59. The van der Waals surface area contributed by atoms with E-state index < -0.39 is 25.0 Å². The van der Waals surface area contributed by atoms with Crippen molar-refractivity contribution in [3.63, 3.8) is 0 Å². The van der Waals surface area contributed by atoms with Crippen LogP contribution in [0.2, 0.25) is 0 Å². The van der Waals surface area contributed by atoms with Gasteiger partial charge >= 0.3 is 6.30 Å². The number of hydrogen-bond donors (Lipinski definition) is 0. The second kappa shape index (κ2) is 3.99. The van der Waals surface area contributed by atoms with E-state index in [0.29, 0.717) is 0 Å². The number of nitrogens with zero attached hydrogens (tertiary/aromatic N) is 1. The zero-order valence-electron chi connectivity index (χ0n) is 7.07. The number of sulfonamides is 1. The monoisotopic (exact) mass is 259 g/mol. The largest absolute Gasteiger partial charge is 0.488 e. The maximum atomic E-state index is 12.0.